The van der Waals surface area contributed by atoms with E-state index in [2.05, 4.69) is 0 Å². The lowest BCUT2D eigenvalue weighted by Gasteiger charge is -2.05. The van der Waals surface area contributed by atoms with Crippen molar-refractivity contribution in [3.63, 3.8) is 0 Å². The molecule has 3 rings (SSSR count). The van der Waals surface area contributed by atoms with Crippen molar-refractivity contribution in [1.82, 2.24) is 0 Å². The van der Waals surface area contributed by atoms with Gasteiger partial charge in [0.25, 0.3) is 0 Å². The van der Waals surface area contributed by atoms with Crippen LogP contribution >= 0.6 is 0 Å². The average molecular weight is 324 g/mol. The van der Waals surface area contributed by atoms with Crippen LogP contribution in [-0.4, -0.2) is 26.2 Å². The Hall–Kier alpha value is -3.47. The van der Waals surface area contributed by atoms with Crippen molar-refractivity contribution in [2.75, 3.05) is 0 Å². The maximum Gasteiger partial charge on any atom is 0.200 e. The zero-order chi connectivity index (χ0) is 17.5. The zero-order valence-electron chi connectivity index (χ0n) is 12.6. The number of carbonyl (C=O) groups excluding carboxylic acids is 1. The van der Waals surface area contributed by atoms with Gasteiger partial charge in [-0.15, -0.1) is 0 Å². The Bertz CT molecular complexity index is 791. The van der Waals surface area contributed by atoms with Crippen LogP contribution in [0.3, 0.4) is 0 Å². The highest BCUT2D eigenvalue weighted by Crippen LogP contribution is 2.28. The number of aromatic hydroxyl groups is 4. The van der Waals surface area contributed by atoms with Crippen LogP contribution < -0.4 is 0 Å². The van der Waals surface area contributed by atoms with E-state index in [9.17, 15) is 15.0 Å². The first kappa shape index (κ1) is 16.9. The molecule has 0 saturated heterocycles. The molecule has 4 N–H and O–H groups in total. The molecule has 3 aromatic carbocycles. The highest BCUT2D eigenvalue weighted by atomic mass is 16.3. The number of phenolic OH excluding ortho intramolecular Hbond substituents is 4. The van der Waals surface area contributed by atoms with Gasteiger partial charge in [-0.05, 0) is 24.3 Å². The van der Waals surface area contributed by atoms with Gasteiger partial charge in [-0.25, -0.2) is 0 Å². The van der Waals surface area contributed by atoms with Crippen LogP contribution in [0, 0.1) is 0 Å². The molecule has 0 saturated carbocycles. The van der Waals surface area contributed by atoms with Gasteiger partial charge in [0.15, 0.2) is 5.78 Å². The minimum absolute atomic E-state index is 0.0614. The van der Waals surface area contributed by atoms with Gasteiger partial charge in [-0.2, -0.15) is 0 Å². The van der Waals surface area contributed by atoms with E-state index in [1.165, 1.54) is 36.4 Å². The lowest BCUT2D eigenvalue weighted by Crippen LogP contribution is -2.01. The minimum Gasteiger partial charge on any atom is -0.508 e. The SMILES string of the molecule is O=C(c1ccccc1)c1c(O)cccc1O.Oc1cccc(O)c1. The summed E-state index contributed by atoms with van der Waals surface area (Å²) in [5.74, 6) is -0.645. The fraction of sp³-hybridized carbons (Fsp3) is 0. The van der Waals surface area contributed by atoms with Gasteiger partial charge in [0.1, 0.15) is 28.6 Å². The van der Waals surface area contributed by atoms with Crippen molar-refractivity contribution >= 4 is 5.78 Å². The third-order valence-corrected chi connectivity index (χ3v) is 3.11. The number of ketones is 1. The summed E-state index contributed by atoms with van der Waals surface area (Å²) in [6.07, 6.45) is 0. The van der Waals surface area contributed by atoms with Crippen LogP contribution in [0.4, 0.5) is 0 Å². The van der Waals surface area contributed by atoms with Gasteiger partial charge in [-0.3, -0.25) is 4.79 Å². The monoisotopic (exact) mass is 324 g/mol. The Kier molecular flexibility index (Phi) is 5.41. The second kappa shape index (κ2) is 7.69. The molecule has 24 heavy (non-hydrogen) atoms. The van der Waals surface area contributed by atoms with Gasteiger partial charge >= 0.3 is 0 Å². The number of hydrogen-bond donors (Lipinski definition) is 4. The first-order valence-electron chi connectivity index (χ1n) is 7.07. The fourth-order valence-corrected chi connectivity index (χ4v) is 1.99. The summed E-state index contributed by atoms with van der Waals surface area (Å²) in [5, 5.41) is 36.4. The highest BCUT2D eigenvalue weighted by molar-refractivity contribution is 6.12. The van der Waals surface area contributed by atoms with Crippen molar-refractivity contribution in [1.29, 1.82) is 0 Å². The second-order valence-electron chi connectivity index (χ2n) is 4.89. The van der Waals surface area contributed by atoms with Gasteiger partial charge in [0, 0.05) is 11.6 Å². The summed E-state index contributed by atoms with van der Waals surface area (Å²) in [7, 11) is 0. The molecule has 0 aliphatic heterocycles. The van der Waals surface area contributed by atoms with Crippen molar-refractivity contribution in [2.45, 2.75) is 0 Å². The van der Waals surface area contributed by atoms with E-state index in [1.807, 2.05) is 0 Å². The van der Waals surface area contributed by atoms with Crippen molar-refractivity contribution < 1.29 is 25.2 Å². The second-order valence-corrected chi connectivity index (χ2v) is 4.89. The standard InChI is InChI=1S/C13H10O3.C6H6O2/c14-10-7-4-8-11(15)12(10)13(16)9-5-2-1-3-6-9;7-5-2-1-3-6(8)4-5/h1-8,14-15H;1-4,7-8H. The molecule has 5 heteroatoms. The molecule has 0 fully saturated rings. The van der Waals surface area contributed by atoms with E-state index in [0.717, 1.165) is 0 Å². The molecule has 3 aromatic rings. The minimum atomic E-state index is -0.392. The third kappa shape index (κ3) is 4.27. The predicted molar refractivity (Wildman–Crippen MR) is 89.4 cm³/mol. The van der Waals surface area contributed by atoms with Gasteiger partial charge in [0.2, 0.25) is 0 Å². The summed E-state index contributed by atoms with van der Waals surface area (Å²) in [4.78, 5) is 12.0. The largest absolute Gasteiger partial charge is 0.508 e. The molecule has 5 nitrogen and oxygen atoms in total. The average Bonchev–Trinajstić information content (AvgIpc) is 2.56. The molecular formula is C19H16O5. The zero-order valence-corrected chi connectivity index (χ0v) is 12.6. The van der Waals surface area contributed by atoms with Crippen LogP contribution in [0.1, 0.15) is 15.9 Å². The summed E-state index contributed by atoms with van der Waals surface area (Å²) in [5.41, 5.74) is 0.369. The number of rotatable bonds is 2. The Morgan fingerprint density at radius 2 is 1.12 bits per heavy atom. The Balaban J connectivity index is 0.000000219. The maximum atomic E-state index is 12.0. The molecular weight excluding hydrogens is 308 g/mol. The molecule has 0 aliphatic rings. The normalized spacial score (nSPS) is 9.67. The van der Waals surface area contributed by atoms with E-state index >= 15 is 0 Å². The van der Waals surface area contributed by atoms with Crippen molar-refractivity contribution in [3.05, 3.63) is 83.9 Å². The summed E-state index contributed by atoms with van der Waals surface area (Å²) < 4.78 is 0. The fourth-order valence-electron chi connectivity index (χ4n) is 1.99. The molecule has 0 heterocycles. The first-order chi connectivity index (χ1) is 11.5. The van der Waals surface area contributed by atoms with Crippen LogP contribution in [0.15, 0.2) is 72.8 Å². The van der Waals surface area contributed by atoms with Crippen LogP contribution in [0.25, 0.3) is 0 Å². The highest BCUT2D eigenvalue weighted by Gasteiger charge is 2.17. The van der Waals surface area contributed by atoms with Crippen LogP contribution in [-0.2, 0) is 0 Å². The quantitative estimate of drug-likeness (QED) is 0.541. The predicted octanol–water partition coefficient (Wildman–Crippen LogP) is 3.43. The molecule has 122 valence electrons. The number of phenols is 4. The van der Waals surface area contributed by atoms with Crippen molar-refractivity contribution in [3.8, 4) is 23.0 Å². The number of hydrogen-bond acceptors (Lipinski definition) is 5. The van der Waals surface area contributed by atoms with E-state index in [-0.39, 0.29) is 28.6 Å². The lowest BCUT2D eigenvalue weighted by atomic mass is 10.0. The lowest BCUT2D eigenvalue weighted by molar-refractivity contribution is 0.103. The molecule has 0 unspecified atom stereocenters. The van der Waals surface area contributed by atoms with E-state index in [0.29, 0.717) is 5.56 Å². The van der Waals surface area contributed by atoms with Crippen molar-refractivity contribution in [2.24, 2.45) is 0 Å². The van der Waals surface area contributed by atoms with E-state index < -0.39 is 5.78 Å². The van der Waals surface area contributed by atoms with Gasteiger partial charge in [0.05, 0.1) is 0 Å². The Morgan fingerprint density at radius 1 is 0.625 bits per heavy atom. The Labute approximate surface area is 138 Å². The topological polar surface area (TPSA) is 98.0 Å². The number of carbonyl (C=O) groups is 1. The van der Waals surface area contributed by atoms with Crippen LogP contribution in [0.2, 0.25) is 0 Å². The maximum absolute atomic E-state index is 12.0. The molecule has 0 spiro atoms. The first-order valence-corrected chi connectivity index (χ1v) is 7.07. The van der Waals surface area contributed by atoms with E-state index in [4.69, 9.17) is 10.2 Å². The molecule has 0 bridgehead atoms. The molecule has 0 aliphatic carbocycles. The molecule has 0 radical (unpaired) electrons. The third-order valence-electron chi connectivity index (χ3n) is 3.11. The molecule has 0 amide bonds. The van der Waals surface area contributed by atoms with Crippen LogP contribution in [0.5, 0.6) is 23.0 Å². The smallest absolute Gasteiger partial charge is 0.200 e. The Morgan fingerprint density at radius 3 is 1.58 bits per heavy atom. The summed E-state index contributed by atoms with van der Waals surface area (Å²) >= 11 is 0. The van der Waals surface area contributed by atoms with E-state index in [1.54, 1.807) is 36.4 Å². The number of benzene rings is 3. The molecule has 0 aromatic heterocycles. The molecule has 0 atom stereocenters. The van der Waals surface area contributed by atoms with Gasteiger partial charge < -0.3 is 20.4 Å². The summed E-state index contributed by atoms with van der Waals surface area (Å²) in [6, 6.07) is 18.6. The van der Waals surface area contributed by atoms with Gasteiger partial charge in [-0.1, -0.05) is 42.5 Å². The summed E-state index contributed by atoms with van der Waals surface area (Å²) in [6.45, 7) is 0.